The van der Waals surface area contributed by atoms with Gasteiger partial charge in [-0.15, -0.1) is 0 Å². The molecule has 2 aliphatic rings. The lowest BCUT2D eigenvalue weighted by Crippen LogP contribution is -2.42. The summed E-state index contributed by atoms with van der Waals surface area (Å²) in [5, 5.41) is 8.92. The van der Waals surface area contributed by atoms with Crippen molar-refractivity contribution < 1.29 is 9.90 Å². The highest BCUT2D eigenvalue weighted by Gasteiger charge is 2.28. The molecule has 1 atom stereocenters. The van der Waals surface area contributed by atoms with E-state index in [2.05, 4.69) is 0 Å². The second kappa shape index (κ2) is 6.24. The van der Waals surface area contributed by atoms with Gasteiger partial charge in [-0.3, -0.25) is 0 Å². The third-order valence-corrected chi connectivity index (χ3v) is 3.97. The second-order valence-electron chi connectivity index (χ2n) is 5.30. The van der Waals surface area contributed by atoms with Crippen LogP contribution >= 0.6 is 0 Å². The molecule has 0 aromatic heterocycles. The van der Waals surface area contributed by atoms with Crippen molar-refractivity contribution >= 4 is 6.03 Å². The van der Waals surface area contributed by atoms with Gasteiger partial charge >= 0.3 is 6.03 Å². The molecule has 2 amide bonds. The van der Waals surface area contributed by atoms with Crippen LogP contribution in [0.25, 0.3) is 0 Å². The number of likely N-dealkylation sites (tertiary alicyclic amines) is 2. The summed E-state index contributed by atoms with van der Waals surface area (Å²) < 4.78 is 0. The lowest BCUT2D eigenvalue weighted by molar-refractivity contribution is 0.161. The molecule has 2 rings (SSSR count). The van der Waals surface area contributed by atoms with Gasteiger partial charge in [-0.2, -0.15) is 0 Å². The molecule has 0 bridgehead atoms. The number of nitrogens with zero attached hydrogens (tertiary/aromatic N) is 2. The number of aliphatic hydroxyl groups is 1. The Morgan fingerprint density at radius 2 is 1.76 bits per heavy atom. The molecule has 2 heterocycles. The van der Waals surface area contributed by atoms with Crippen molar-refractivity contribution in [3.63, 3.8) is 0 Å². The molecule has 1 unspecified atom stereocenters. The summed E-state index contributed by atoms with van der Waals surface area (Å²) in [5.41, 5.74) is 0. The van der Waals surface area contributed by atoms with Crippen LogP contribution in [-0.2, 0) is 0 Å². The minimum atomic E-state index is 0.229. The predicted octanol–water partition coefficient (Wildman–Crippen LogP) is 1.69. The molecule has 0 saturated carbocycles. The van der Waals surface area contributed by atoms with Crippen molar-refractivity contribution in [1.29, 1.82) is 0 Å². The van der Waals surface area contributed by atoms with Gasteiger partial charge in [0.15, 0.2) is 0 Å². The maximum absolute atomic E-state index is 12.3. The minimum Gasteiger partial charge on any atom is -0.396 e. The number of carbonyl (C=O) groups is 1. The molecule has 2 saturated heterocycles. The highest BCUT2D eigenvalue weighted by molar-refractivity contribution is 5.74. The summed E-state index contributed by atoms with van der Waals surface area (Å²) in [6, 6.07) is 0.229. The Morgan fingerprint density at radius 1 is 1.06 bits per heavy atom. The average Bonchev–Trinajstić information content (AvgIpc) is 2.64. The van der Waals surface area contributed by atoms with Crippen LogP contribution in [0.3, 0.4) is 0 Å². The predicted molar refractivity (Wildman–Crippen MR) is 66.8 cm³/mol. The number of rotatable bonds is 2. The molecule has 2 aliphatic heterocycles. The summed E-state index contributed by atoms with van der Waals surface area (Å²) in [7, 11) is 0. The van der Waals surface area contributed by atoms with Crippen LogP contribution in [-0.4, -0.2) is 53.7 Å². The third kappa shape index (κ3) is 3.35. The van der Waals surface area contributed by atoms with Gasteiger partial charge in [0.25, 0.3) is 0 Å². The molecule has 0 aromatic rings. The quantitative estimate of drug-likeness (QED) is 0.798. The Balaban J connectivity index is 1.83. The van der Waals surface area contributed by atoms with E-state index in [1.807, 2.05) is 9.80 Å². The molecule has 98 valence electrons. The van der Waals surface area contributed by atoms with Crippen LogP contribution < -0.4 is 0 Å². The fraction of sp³-hybridized carbons (Fsp3) is 0.923. The van der Waals surface area contributed by atoms with Gasteiger partial charge in [0.1, 0.15) is 0 Å². The highest BCUT2D eigenvalue weighted by Crippen LogP contribution is 2.21. The standard InChI is InChI=1S/C13H24N2O2/c16-10-6-12-5-9-15(11-12)13(17)14-7-3-1-2-4-8-14/h12,16H,1-11H2. The normalized spacial score (nSPS) is 26.1. The smallest absolute Gasteiger partial charge is 0.320 e. The first-order chi connectivity index (χ1) is 8.31. The van der Waals surface area contributed by atoms with Gasteiger partial charge in [0, 0.05) is 32.8 Å². The number of urea groups is 1. The van der Waals surface area contributed by atoms with E-state index in [-0.39, 0.29) is 12.6 Å². The zero-order chi connectivity index (χ0) is 12.1. The lowest BCUT2D eigenvalue weighted by Gasteiger charge is -2.27. The number of aliphatic hydroxyl groups excluding tert-OH is 1. The monoisotopic (exact) mass is 240 g/mol. The molecule has 0 radical (unpaired) electrons. The first kappa shape index (κ1) is 12.7. The van der Waals surface area contributed by atoms with E-state index in [9.17, 15) is 4.79 Å². The SMILES string of the molecule is O=C(N1CCCCCC1)N1CCC(CCO)C1. The fourth-order valence-corrected chi connectivity index (χ4v) is 2.89. The summed E-state index contributed by atoms with van der Waals surface area (Å²) in [5.74, 6) is 0.510. The van der Waals surface area contributed by atoms with Gasteiger partial charge in [-0.05, 0) is 31.6 Å². The van der Waals surface area contributed by atoms with Gasteiger partial charge < -0.3 is 14.9 Å². The van der Waals surface area contributed by atoms with E-state index in [1.165, 1.54) is 12.8 Å². The van der Waals surface area contributed by atoms with Crippen LogP contribution in [0.4, 0.5) is 4.79 Å². The van der Waals surface area contributed by atoms with Crippen LogP contribution in [0.2, 0.25) is 0 Å². The van der Waals surface area contributed by atoms with Crippen molar-refractivity contribution in [2.45, 2.75) is 38.5 Å². The molecule has 17 heavy (non-hydrogen) atoms. The van der Waals surface area contributed by atoms with Crippen LogP contribution in [0.1, 0.15) is 38.5 Å². The summed E-state index contributed by atoms with van der Waals surface area (Å²) >= 11 is 0. The fourth-order valence-electron chi connectivity index (χ4n) is 2.89. The molecule has 0 aliphatic carbocycles. The van der Waals surface area contributed by atoms with Crippen molar-refractivity contribution in [2.75, 3.05) is 32.8 Å². The first-order valence-electron chi connectivity index (χ1n) is 6.96. The number of amides is 2. The first-order valence-corrected chi connectivity index (χ1v) is 6.96. The maximum Gasteiger partial charge on any atom is 0.320 e. The van der Waals surface area contributed by atoms with Gasteiger partial charge in [-0.1, -0.05) is 12.8 Å². The molecular formula is C13H24N2O2. The van der Waals surface area contributed by atoms with Gasteiger partial charge in [0.05, 0.1) is 0 Å². The van der Waals surface area contributed by atoms with Gasteiger partial charge in [-0.25, -0.2) is 4.79 Å². The second-order valence-corrected chi connectivity index (χ2v) is 5.30. The Labute approximate surface area is 104 Å². The van der Waals surface area contributed by atoms with E-state index in [0.29, 0.717) is 5.92 Å². The third-order valence-electron chi connectivity index (χ3n) is 3.97. The Kier molecular flexibility index (Phi) is 4.66. The molecule has 0 spiro atoms. The largest absolute Gasteiger partial charge is 0.396 e. The molecule has 4 nitrogen and oxygen atoms in total. The number of carbonyl (C=O) groups excluding carboxylic acids is 1. The molecule has 0 aromatic carbocycles. The zero-order valence-electron chi connectivity index (χ0n) is 10.6. The van der Waals surface area contributed by atoms with Crippen molar-refractivity contribution in [2.24, 2.45) is 5.92 Å². The summed E-state index contributed by atoms with van der Waals surface area (Å²) in [6.45, 7) is 3.83. The Hall–Kier alpha value is -0.770. The van der Waals surface area contributed by atoms with Crippen molar-refractivity contribution in [1.82, 2.24) is 9.80 Å². The minimum absolute atomic E-state index is 0.229. The van der Waals surface area contributed by atoms with Crippen LogP contribution in [0, 0.1) is 5.92 Å². The Morgan fingerprint density at radius 3 is 2.41 bits per heavy atom. The zero-order valence-corrected chi connectivity index (χ0v) is 10.6. The van der Waals surface area contributed by atoms with Crippen LogP contribution in [0.5, 0.6) is 0 Å². The average molecular weight is 240 g/mol. The molecule has 2 fully saturated rings. The highest BCUT2D eigenvalue weighted by atomic mass is 16.3. The number of hydrogen-bond acceptors (Lipinski definition) is 2. The number of hydrogen-bond donors (Lipinski definition) is 1. The van der Waals surface area contributed by atoms with E-state index < -0.39 is 0 Å². The molecule has 4 heteroatoms. The van der Waals surface area contributed by atoms with Crippen molar-refractivity contribution in [3.05, 3.63) is 0 Å². The molecule has 1 N–H and O–H groups in total. The summed E-state index contributed by atoms with van der Waals surface area (Å²) in [6.07, 6.45) is 6.72. The Bertz CT molecular complexity index is 250. The molecular weight excluding hydrogens is 216 g/mol. The lowest BCUT2D eigenvalue weighted by atomic mass is 10.1. The van der Waals surface area contributed by atoms with Crippen molar-refractivity contribution in [3.8, 4) is 0 Å². The van der Waals surface area contributed by atoms with Crippen LogP contribution in [0.15, 0.2) is 0 Å². The van der Waals surface area contributed by atoms with E-state index in [4.69, 9.17) is 5.11 Å². The van der Waals surface area contributed by atoms with E-state index in [0.717, 1.165) is 51.9 Å². The van der Waals surface area contributed by atoms with Gasteiger partial charge in [0.2, 0.25) is 0 Å². The van der Waals surface area contributed by atoms with E-state index in [1.54, 1.807) is 0 Å². The maximum atomic E-state index is 12.3. The summed E-state index contributed by atoms with van der Waals surface area (Å²) in [4.78, 5) is 16.3. The topological polar surface area (TPSA) is 43.8 Å². The van der Waals surface area contributed by atoms with E-state index >= 15 is 0 Å².